The van der Waals surface area contributed by atoms with E-state index in [1.807, 2.05) is 0 Å². The fourth-order valence-corrected chi connectivity index (χ4v) is 3.09. The van der Waals surface area contributed by atoms with Crippen LogP contribution in [0.15, 0.2) is 0 Å². The van der Waals surface area contributed by atoms with Gasteiger partial charge in [0.25, 0.3) is 0 Å². The van der Waals surface area contributed by atoms with Crippen molar-refractivity contribution in [3.63, 3.8) is 0 Å². The summed E-state index contributed by atoms with van der Waals surface area (Å²) in [6.45, 7) is 2.76. The van der Waals surface area contributed by atoms with Crippen LogP contribution in [-0.4, -0.2) is 6.16 Å². The van der Waals surface area contributed by atoms with Gasteiger partial charge in [-0.1, -0.05) is 13.8 Å². The second-order valence-corrected chi connectivity index (χ2v) is 6.94. The van der Waals surface area contributed by atoms with Gasteiger partial charge in [-0.05, 0) is 24.7 Å². The average Bonchev–Trinajstić information content (AvgIpc) is 2.71. The van der Waals surface area contributed by atoms with Crippen molar-refractivity contribution in [3.8, 4) is 11.5 Å². The van der Waals surface area contributed by atoms with Gasteiger partial charge in [-0.15, -0.1) is 0 Å². The van der Waals surface area contributed by atoms with Gasteiger partial charge in [0, 0.05) is 11.1 Å². The second kappa shape index (κ2) is 7.77. The molecule has 0 N–H and O–H groups in total. The minimum absolute atomic E-state index is 0.596. The van der Waals surface area contributed by atoms with Crippen LogP contribution < -0.4 is 9.47 Å². The lowest BCUT2D eigenvalue weighted by Gasteiger charge is -2.22. The maximum atomic E-state index is 14.6. The molecule has 30 heavy (non-hydrogen) atoms. The van der Waals surface area contributed by atoms with Crippen molar-refractivity contribution in [2.24, 2.45) is 11.8 Å². The molecule has 2 atom stereocenters. The molecule has 0 spiro atoms. The highest BCUT2D eigenvalue weighted by Crippen LogP contribution is 2.37. The predicted molar refractivity (Wildman–Crippen MR) is 84.9 cm³/mol. The molecule has 3 rings (SSSR count). The van der Waals surface area contributed by atoms with E-state index in [0.717, 1.165) is 0 Å². The van der Waals surface area contributed by atoms with E-state index in [1.54, 1.807) is 0 Å². The van der Waals surface area contributed by atoms with Crippen molar-refractivity contribution in [2.45, 2.75) is 26.7 Å². The second-order valence-electron chi connectivity index (χ2n) is 6.94. The van der Waals surface area contributed by atoms with Gasteiger partial charge in [-0.3, -0.25) is 0 Å². The van der Waals surface area contributed by atoms with Crippen molar-refractivity contribution >= 4 is 6.16 Å². The van der Waals surface area contributed by atoms with Crippen LogP contribution in [0.5, 0.6) is 11.5 Å². The molecule has 1 heterocycles. The van der Waals surface area contributed by atoms with Gasteiger partial charge in [0.1, 0.15) is 0 Å². The summed E-state index contributed by atoms with van der Waals surface area (Å²) in [7, 11) is 0. The molecule has 2 aromatic rings. The van der Waals surface area contributed by atoms with E-state index in [2.05, 4.69) is 9.47 Å². The number of fused-ring (bicyclic) bond motifs is 4. The summed E-state index contributed by atoms with van der Waals surface area (Å²) in [5, 5.41) is 0. The number of halogens is 8. The molecule has 0 radical (unpaired) electrons. The summed E-state index contributed by atoms with van der Waals surface area (Å²) in [4.78, 5) is 11.8. The predicted octanol–water partition coefficient (Wildman–Crippen LogP) is 5.75. The number of carbonyl (C=O) groups is 1. The van der Waals surface area contributed by atoms with Gasteiger partial charge in [-0.2, -0.15) is 8.78 Å². The summed E-state index contributed by atoms with van der Waals surface area (Å²) >= 11 is 0. The Balaban J connectivity index is 2.25. The molecule has 1 aliphatic heterocycles. The highest BCUT2D eigenvalue weighted by Gasteiger charge is 2.34. The Bertz CT molecular complexity index is 972. The summed E-state index contributed by atoms with van der Waals surface area (Å²) in [5.74, 6) is -21.1. The van der Waals surface area contributed by atoms with Crippen LogP contribution >= 0.6 is 0 Å². The van der Waals surface area contributed by atoms with E-state index < -0.39 is 100.0 Å². The SMILES string of the molecule is CC1Cc2c(F)c(F)c(F)c(c2F)OC(=O)Oc2c(F)c(F)c(F)c(c2F)CC1C. The fraction of sp³-hybridized carbons (Fsp3) is 0.316. The molecule has 3 nitrogen and oxygen atoms in total. The Hall–Kier alpha value is -2.85. The quantitative estimate of drug-likeness (QED) is 0.172. The van der Waals surface area contributed by atoms with Crippen LogP contribution in [0.2, 0.25) is 0 Å². The van der Waals surface area contributed by atoms with Crippen LogP contribution in [0.4, 0.5) is 39.9 Å². The van der Waals surface area contributed by atoms with Gasteiger partial charge in [0.15, 0.2) is 34.9 Å². The molecule has 1 aliphatic rings. The lowest BCUT2D eigenvalue weighted by molar-refractivity contribution is 0.141. The molecular weight excluding hydrogens is 428 g/mol. The summed E-state index contributed by atoms with van der Waals surface area (Å²) in [6.07, 6.45) is -3.39. The Morgan fingerprint density at radius 1 is 0.567 bits per heavy atom. The standard InChI is InChI=1S/C19H12F8O3/c1-5-3-7-9(20)13(24)15(26)17(11(7)22)29-19(28)30-18-12(23)8(4-6(5)2)10(21)14(25)16(18)27/h5-6H,3-4H2,1-2H3. The zero-order chi connectivity index (χ0) is 22.5. The molecule has 2 unspecified atom stereocenters. The van der Waals surface area contributed by atoms with E-state index in [4.69, 9.17) is 0 Å². The van der Waals surface area contributed by atoms with Gasteiger partial charge < -0.3 is 9.47 Å². The smallest absolute Gasteiger partial charge is 0.388 e. The molecule has 0 aromatic heterocycles. The Morgan fingerprint density at radius 2 is 0.900 bits per heavy atom. The first-order valence-electron chi connectivity index (χ1n) is 8.54. The third-order valence-corrected chi connectivity index (χ3v) is 5.02. The molecule has 0 saturated carbocycles. The molecule has 162 valence electrons. The maximum absolute atomic E-state index is 14.6. The fourth-order valence-electron chi connectivity index (χ4n) is 3.09. The number of hydrogen-bond donors (Lipinski definition) is 0. The molecular formula is C19H12F8O3. The molecule has 0 fully saturated rings. The van der Waals surface area contributed by atoms with Gasteiger partial charge in [-0.25, -0.2) is 31.1 Å². The van der Waals surface area contributed by atoms with Crippen molar-refractivity contribution in [3.05, 3.63) is 57.7 Å². The Kier molecular flexibility index (Phi) is 5.66. The number of carbonyl (C=O) groups excluding carboxylic acids is 1. The van der Waals surface area contributed by atoms with Crippen LogP contribution in [-0.2, 0) is 12.8 Å². The molecule has 11 heteroatoms. The zero-order valence-electron chi connectivity index (χ0n) is 15.3. The number of benzene rings is 2. The molecule has 4 bridgehead atoms. The summed E-state index contributed by atoms with van der Waals surface area (Å²) in [5.41, 5.74) is -1.97. The summed E-state index contributed by atoms with van der Waals surface area (Å²) in [6, 6.07) is 0. The van der Waals surface area contributed by atoms with Gasteiger partial charge in [0.2, 0.25) is 23.1 Å². The van der Waals surface area contributed by atoms with Gasteiger partial charge >= 0.3 is 6.16 Å². The zero-order valence-corrected chi connectivity index (χ0v) is 15.3. The normalized spacial score (nSPS) is 19.3. The molecule has 2 aromatic carbocycles. The largest absolute Gasteiger partial charge is 0.519 e. The summed E-state index contributed by atoms with van der Waals surface area (Å²) < 4.78 is 121. The maximum Gasteiger partial charge on any atom is 0.519 e. The minimum Gasteiger partial charge on any atom is -0.388 e. The lowest BCUT2D eigenvalue weighted by atomic mass is 9.84. The van der Waals surface area contributed by atoms with E-state index in [0.29, 0.717) is 0 Å². The van der Waals surface area contributed by atoms with Crippen LogP contribution in [0.25, 0.3) is 0 Å². The topological polar surface area (TPSA) is 35.5 Å². The van der Waals surface area contributed by atoms with E-state index >= 15 is 0 Å². The monoisotopic (exact) mass is 440 g/mol. The Morgan fingerprint density at radius 3 is 1.23 bits per heavy atom. The number of hydrogen-bond acceptors (Lipinski definition) is 3. The molecule has 0 saturated heterocycles. The lowest BCUT2D eigenvalue weighted by Crippen LogP contribution is -2.19. The van der Waals surface area contributed by atoms with Crippen molar-refractivity contribution in [2.75, 3.05) is 0 Å². The third-order valence-electron chi connectivity index (χ3n) is 5.02. The van der Waals surface area contributed by atoms with Crippen molar-refractivity contribution in [1.29, 1.82) is 0 Å². The minimum atomic E-state index is -2.23. The van der Waals surface area contributed by atoms with Crippen LogP contribution in [0, 0.1) is 58.4 Å². The van der Waals surface area contributed by atoms with E-state index in [-0.39, 0.29) is 0 Å². The van der Waals surface area contributed by atoms with Crippen molar-refractivity contribution in [1.82, 2.24) is 0 Å². The highest BCUT2D eigenvalue weighted by atomic mass is 19.2. The number of rotatable bonds is 0. The van der Waals surface area contributed by atoms with Crippen molar-refractivity contribution < 1.29 is 49.4 Å². The van der Waals surface area contributed by atoms with Gasteiger partial charge in [0.05, 0.1) is 0 Å². The average molecular weight is 440 g/mol. The van der Waals surface area contributed by atoms with Crippen LogP contribution in [0.3, 0.4) is 0 Å². The highest BCUT2D eigenvalue weighted by molar-refractivity contribution is 5.68. The Labute approximate surface area is 164 Å². The number of ether oxygens (including phenoxy) is 2. The van der Waals surface area contributed by atoms with Crippen LogP contribution in [0.1, 0.15) is 25.0 Å². The van der Waals surface area contributed by atoms with E-state index in [9.17, 15) is 39.9 Å². The van der Waals surface area contributed by atoms with E-state index in [1.165, 1.54) is 13.8 Å². The first-order valence-corrected chi connectivity index (χ1v) is 8.54. The first kappa shape index (κ1) is 21.8. The first-order chi connectivity index (χ1) is 14.0. The third kappa shape index (κ3) is 3.46. The molecule has 0 aliphatic carbocycles. The molecule has 0 amide bonds.